The molecule has 0 atom stereocenters. The number of hydrogen-bond acceptors (Lipinski definition) is 2. The molecule has 3 heteroatoms. The highest BCUT2D eigenvalue weighted by molar-refractivity contribution is 9.08. The number of benzene rings is 1. The van der Waals surface area contributed by atoms with Crippen LogP contribution in [0.4, 0.5) is 0 Å². The zero-order valence-corrected chi connectivity index (χ0v) is 10.0. The van der Waals surface area contributed by atoms with Crippen molar-refractivity contribution in [1.82, 2.24) is 4.98 Å². The lowest BCUT2D eigenvalue weighted by molar-refractivity contribution is 1.08. The minimum atomic E-state index is 0.854. The van der Waals surface area contributed by atoms with Crippen LogP contribution in [0.3, 0.4) is 0 Å². The average molecular weight is 268 g/mol. The molecule has 1 heterocycles. The molecule has 0 spiro atoms. The second kappa shape index (κ2) is 4.71. The molecule has 0 amide bonds. The summed E-state index contributed by atoms with van der Waals surface area (Å²) in [6.07, 6.45) is 0.935. The summed E-state index contributed by atoms with van der Waals surface area (Å²) < 4.78 is 0. The van der Waals surface area contributed by atoms with E-state index in [0.717, 1.165) is 22.5 Å². The highest BCUT2D eigenvalue weighted by Gasteiger charge is 2.01. The SMILES string of the molecule is BrCc1nc(Cc2ccccc2)cs1. The number of halogens is 1. The molecule has 0 aliphatic rings. The molecule has 0 N–H and O–H groups in total. The van der Waals surface area contributed by atoms with Crippen LogP contribution in [0.15, 0.2) is 35.7 Å². The Morgan fingerprint density at radius 3 is 2.64 bits per heavy atom. The lowest BCUT2D eigenvalue weighted by Crippen LogP contribution is -1.87. The van der Waals surface area contributed by atoms with Gasteiger partial charge in [0.2, 0.25) is 0 Å². The lowest BCUT2D eigenvalue weighted by atomic mass is 10.1. The van der Waals surface area contributed by atoms with Gasteiger partial charge in [-0.3, -0.25) is 0 Å². The Morgan fingerprint density at radius 1 is 1.21 bits per heavy atom. The van der Waals surface area contributed by atoms with Crippen LogP contribution >= 0.6 is 27.3 Å². The molecule has 72 valence electrons. The van der Waals surface area contributed by atoms with Crippen LogP contribution < -0.4 is 0 Å². The quantitative estimate of drug-likeness (QED) is 0.775. The van der Waals surface area contributed by atoms with E-state index in [-0.39, 0.29) is 0 Å². The second-order valence-corrected chi connectivity index (χ2v) is 4.53. The smallest absolute Gasteiger partial charge is 0.103 e. The highest BCUT2D eigenvalue weighted by Crippen LogP contribution is 2.15. The summed E-state index contributed by atoms with van der Waals surface area (Å²) in [6, 6.07) is 10.4. The third-order valence-electron chi connectivity index (χ3n) is 1.94. The van der Waals surface area contributed by atoms with E-state index in [1.165, 1.54) is 5.56 Å². The summed E-state index contributed by atoms with van der Waals surface area (Å²) in [5.74, 6) is 0. The molecule has 0 aliphatic carbocycles. The monoisotopic (exact) mass is 267 g/mol. The van der Waals surface area contributed by atoms with Crippen molar-refractivity contribution in [2.45, 2.75) is 11.8 Å². The minimum absolute atomic E-state index is 0.854. The summed E-state index contributed by atoms with van der Waals surface area (Å²) in [7, 11) is 0. The topological polar surface area (TPSA) is 12.9 Å². The molecular weight excluding hydrogens is 258 g/mol. The standard InChI is InChI=1S/C11H10BrNS/c12-7-11-13-10(8-14-11)6-9-4-2-1-3-5-9/h1-5,8H,6-7H2. The van der Waals surface area contributed by atoms with Gasteiger partial charge >= 0.3 is 0 Å². The Kier molecular flexibility index (Phi) is 3.32. The van der Waals surface area contributed by atoms with Crippen molar-refractivity contribution < 1.29 is 0 Å². The van der Waals surface area contributed by atoms with E-state index in [4.69, 9.17) is 0 Å². The molecule has 2 aromatic rings. The predicted octanol–water partition coefficient (Wildman–Crippen LogP) is 3.63. The molecule has 0 radical (unpaired) electrons. The van der Waals surface area contributed by atoms with Crippen LogP contribution in [0.25, 0.3) is 0 Å². The summed E-state index contributed by atoms with van der Waals surface area (Å²) in [4.78, 5) is 4.50. The predicted molar refractivity (Wildman–Crippen MR) is 64.0 cm³/mol. The first-order chi connectivity index (χ1) is 6.88. The van der Waals surface area contributed by atoms with Crippen molar-refractivity contribution in [3.8, 4) is 0 Å². The first-order valence-electron chi connectivity index (χ1n) is 4.41. The average Bonchev–Trinajstić information content (AvgIpc) is 2.67. The Hall–Kier alpha value is -0.670. The maximum absolute atomic E-state index is 4.50. The second-order valence-electron chi connectivity index (χ2n) is 3.03. The maximum Gasteiger partial charge on any atom is 0.103 e. The molecule has 0 aliphatic heterocycles. The van der Waals surface area contributed by atoms with Gasteiger partial charge in [-0.2, -0.15) is 0 Å². The van der Waals surface area contributed by atoms with Crippen LogP contribution in [0.1, 0.15) is 16.3 Å². The molecule has 0 unspecified atom stereocenters. The van der Waals surface area contributed by atoms with E-state index in [1.54, 1.807) is 11.3 Å². The number of nitrogens with zero attached hydrogens (tertiary/aromatic N) is 1. The van der Waals surface area contributed by atoms with Gasteiger partial charge in [0.1, 0.15) is 5.01 Å². The fourth-order valence-corrected chi connectivity index (χ4v) is 2.46. The maximum atomic E-state index is 4.50. The van der Waals surface area contributed by atoms with E-state index in [2.05, 4.69) is 50.6 Å². The molecule has 14 heavy (non-hydrogen) atoms. The Labute approximate surface area is 95.9 Å². The first kappa shape index (κ1) is 9.87. The minimum Gasteiger partial charge on any atom is -0.245 e. The van der Waals surface area contributed by atoms with Crippen LogP contribution in [0.2, 0.25) is 0 Å². The normalized spacial score (nSPS) is 10.4. The lowest BCUT2D eigenvalue weighted by Gasteiger charge is -1.96. The molecule has 1 nitrogen and oxygen atoms in total. The van der Waals surface area contributed by atoms with Gasteiger partial charge in [0.05, 0.1) is 11.0 Å². The summed E-state index contributed by atoms with van der Waals surface area (Å²) >= 11 is 5.11. The molecular formula is C11H10BrNS. The van der Waals surface area contributed by atoms with Gasteiger partial charge in [0.15, 0.2) is 0 Å². The van der Waals surface area contributed by atoms with E-state index < -0.39 is 0 Å². The fraction of sp³-hybridized carbons (Fsp3) is 0.182. The number of alkyl halides is 1. The number of hydrogen-bond donors (Lipinski definition) is 0. The van der Waals surface area contributed by atoms with Crippen LogP contribution in [-0.2, 0) is 11.8 Å². The van der Waals surface area contributed by atoms with E-state index in [0.29, 0.717) is 0 Å². The zero-order valence-electron chi connectivity index (χ0n) is 7.61. The van der Waals surface area contributed by atoms with Gasteiger partial charge in [0, 0.05) is 11.8 Å². The van der Waals surface area contributed by atoms with Gasteiger partial charge in [-0.1, -0.05) is 46.3 Å². The van der Waals surface area contributed by atoms with E-state index >= 15 is 0 Å². The van der Waals surface area contributed by atoms with Crippen LogP contribution in [-0.4, -0.2) is 4.98 Å². The molecule has 1 aromatic carbocycles. The summed E-state index contributed by atoms with van der Waals surface area (Å²) in [6.45, 7) is 0. The first-order valence-corrected chi connectivity index (χ1v) is 6.42. The van der Waals surface area contributed by atoms with Crippen molar-refractivity contribution in [2.24, 2.45) is 0 Å². The van der Waals surface area contributed by atoms with Gasteiger partial charge in [-0.05, 0) is 5.56 Å². The van der Waals surface area contributed by atoms with Crippen LogP contribution in [0, 0.1) is 0 Å². The summed E-state index contributed by atoms with van der Waals surface area (Å²) in [5.41, 5.74) is 2.48. The number of rotatable bonds is 3. The van der Waals surface area contributed by atoms with Crippen molar-refractivity contribution in [1.29, 1.82) is 0 Å². The van der Waals surface area contributed by atoms with Gasteiger partial charge in [0.25, 0.3) is 0 Å². The largest absolute Gasteiger partial charge is 0.245 e. The molecule has 0 saturated heterocycles. The van der Waals surface area contributed by atoms with Crippen molar-refractivity contribution in [3.05, 3.63) is 52.0 Å². The molecule has 0 bridgehead atoms. The van der Waals surface area contributed by atoms with Crippen molar-refractivity contribution in [3.63, 3.8) is 0 Å². The van der Waals surface area contributed by atoms with Gasteiger partial charge in [-0.25, -0.2) is 4.98 Å². The molecule has 2 rings (SSSR count). The van der Waals surface area contributed by atoms with Crippen molar-refractivity contribution in [2.75, 3.05) is 0 Å². The van der Waals surface area contributed by atoms with Crippen LogP contribution in [0.5, 0.6) is 0 Å². The Bertz CT molecular complexity index is 397. The molecule has 0 fully saturated rings. The highest BCUT2D eigenvalue weighted by atomic mass is 79.9. The Morgan fingerprint density at radius 2 is 2.00 bits per heavy atom. The number of aromatic nitrogens is 1. The Balaban J connectivity index is 2.11. The number of thiazole rings is 1. The fourth-order valence-electron chi connectivity index (χ4n) is 1.30. The van der Waals surface area contributed by atoms with Crippen molar-refractivity contribution >= 4 is 27.3 Å². The summed E-state index contributed by atoms with van der Waals surface area (Å²) in [5, 5.41) is 4.13. The third kappa shape index (κ3) is 2.42. The zero-order chi connectivity index (χ0) is 9.80. The third-order valence-corrected chi connectivity index (χ3v) is 3.74. The van der Waals surface area contributed by atoms with Gasteiger partial charge in [-0.15, -0.1) is 11.3 Å². The van der Waals surface area contributed by atoms with Gasteiger partial charge < -0.3 is 0 Å². The molecule has 0 saturated carbocycles. The van der Waals surface area contributed by atoms with E-state index in [1.807, 2.05) is 6.07 Å². The van der Waals surface area contributed by atoms with E-state index in [9.17, 15) is 0 Å². The molecule has 1 aromatic heterocycles.